The molecule has 2 heterocycles. The number of hydrogen-bond donors (Lipinski definition) is 1. The van der Waals surface area contributed by atoms with Crippen molar-refractivity contribution in [2.75, 3.05) is 19.3 Å². The molecule has 27 heavy (non-hydrogen) atoms. The van der Waals surface area contributed by atoms with Gasteiger partial charge in [0.15, 0.2) is 5.76 Å². The molecule has 1 N–H and O–H groups in total. The zero-order valence-electron chi connectivity index (χ0n) is 15.0. The van der Waals surface area contributed by atoms with E-state index in [0.717, 1.165) is 24.7 Å². The summed E-state index contributed by atoms with van der Waals surface area (Å²) in [6.45, 7) is 0.475. The Morgan fingerprint density at radius 1 is 1.19 bits per heavy atom. The number of sulfonamides is 2. The van der Waals surface area contributed by atoms with Gasteiger partial charge in [0.1, 0.15) is 11.4 Å². The van der Waals surface area contributed by atoms with Gasteiger partial charge in [-0.3, -0.25) is 0 Å². The standard InChI is InChI=1S/C17H23N3O5S2/c1-26(21,22)20-10-6-5-9-15(20)12-18-27(23,24)13-16-11-17(19-25-16)14-7-3-2-4-8-14/h2-4,7-8,11,15,18H,5-6,9-10,12-13H2,1H3. The molecule has 1 atom stereocenters. The van der Waals surface area contributed by atoms with Crippen LogP contribution in [-0.2, 0) is 25.8 Å². The lowest BCUT2D eigenvalue weighted by Gasteiger charge is -2.33. The Balaban J connectivity index is 1.63. The molecule has 1 fully saturated rings. The van der Waals surface area contributed by atoms with Gasteiger partial charge in [-0.2, -0.15) is 4.31 Å². The highest BCUT2D eigenvalue weighted by Crippen LogP contribution is 2.21. The first-order chi connectivity index (χ1) is 12.7. The predicted octanol–water partition coefficient (Wildman–Crippen LogP) is 1.58. The van der Waals surface area contributed by atoms with Crippen LogP contribution in [0.25, 0.3) is 11.3 Å². The zero-order valence-corrected chi connectivity index (χ0v) is 16.7. The number of rotatable bonds is 7. The Kier molecular flexibility index (Phi) is 5.99. The summed E-state index contributed by atoms with van der Waals surface area (Å²) >= 11 is 0. The molecule has 0 radical (unpaired) electrons. The van der Waals surface area contributed by atoms with E-state index in [1.54, 1.807) is 6.07 Å². The van der Waals surface area contributed by atoms with Crippen LogP contribution < -0.4 is 4.72 Å². The number of piperidine rings is 1. The fraction of sp³-hybridized carbons (Fsp3) is 0.471. The van der Waals surface area contributed by atoms with Gasteiger partial charge in [0.05, 0.1) is 6.26 Å². The summed E-state index contributed by atoms with van der Waals surface area (Å²) < 4.78 is 57.5. The van der Waals surface area contributed by atoms with Gasteiger partial charge in [0, 0.05) is 30.8 Å². The van der Waals surface area contributed by atoms with E-state index in [1.807, 2.05) is 30.3 Å². The van der Waals surface area contributed by atoms with Crippen molar-refractivity contribution in [3.63, 3.8) is 0 Å². The van der Waals surface area contributed by atoms with Crippen LogP contribution in [0.4, 0.5) is 0 Å². The Hall–Kier alpha value is -1.75. The maximum Gasteiger partial charge on any atom is 0.219 e. The van der Waals surface area contributed by atoms with Gasteiger partial charge in [-0.1, -0.05) is 41.9 Å². The van der Waals surface area contributed by atoms with Gasteiger partial charge in [-0.25, -0.2) is 21.6 Å². The molecule has 0 spiro atoms. The molecule has 1 aromatic carbocycles. The van der Waals surface area contributed by atoms with E-state index in [1.165, 1.54) is 4.31 Å². The molecule has 148 valence electrons. The average molecular weight is 414 g/mol. The molecule has 0 saturated carbocycles. The van der Waals surface area contributed by atoms with E-state index in [9.17, 15) is 16.8 Å². The van der Waals surface area contributed by atoms with Crippen molar-refractivity contribution < 1.29 is 21.4 Å². The Morgan fingerprint density at radius 3 is 2.63 bits per heavy atom. The first-order valence-electron chi connectivity index (χ1n) is 8.70. The van der Waals surface area contributed by atoms with Crippen LogP contribution in [0.5, 0.6) is 0 Å². The highest BCUT2D eigenvalue weighted by molar-refractivity contribution is 7.88. The second-order valence-corrected chi connectivity index (χ2v) is 10.4. The second-order valence-electron chi connectivity index (χ2n) is 6.68. The normalized spacial score (nSPS) is 19.2. The number of nitrogens with zero attached hydrogens (tertiary/aromatic N) is 2. The van der Waals surface area contributed by atoms with Crippen LogP contribution in [0.2, 0.25) is 0 Å². The minimum atomic E-state index is -3.68. The van der Waals surface area contributed by atoms with Crippen molar-refractivity contribution in [1.29, 1.82) is 0 Å². The summed E-state index contributed by atoms with van der Waals surface area (Å²) in [5, 5.41) is 3.91. The third-order valence-electron chi connectivity index (χ3n) is 4.50. The van der Waals surface area contributed by atoms with Gasteiger partial charge in [-0.05, 0) is 12.8 Å². The Morgan fingerprint density at radius 2 is 1.93 bits per heavy atom. The third-order valence-corrected chi connectivity index (χ3v) is 7.10. The first-order valence-corrected chi connectivity index (χ1v) is 12.2. The molecule has 3 rings (SSSR count). The highest BCUT2D eigenvalue weighted by atomic mass is 32.2. The van der Waals surface area contributed by atoms with E-state index in [-0.39, 0.29) is 24.1 Å². The first kappa shape index (κ1) is 20.0. The van der Waals surface area contributed by atoms with Gasteiger partial charge < -0.3 is 4.52 Å². The van der Waals surface area contributed by atoms with E-state index in [4.69, 9.17) is 4.52 Å². The number of hydrogen-bond acceptors (Lipinski definition) is 6. The predicted molar refractivity (Wildman–Crippen MR) is 102 cm³/mol. The molecular formula is C17H23N3O5S2. The van der Waals surface area contributed by atoms with Crippen LogP contribution >= 0.6 is 0 Å². The molecular weight excluding hydrogens is 390 g/mol. The van der Waals surface area contributed by atoms with Gasteiger partial charge >= 0.3 is 0 Å². The molecule has 1 aromatic heterocycles. The number of nitrogens with one attached hydrogen (secondary N) is 1. The molecule has 2 aromatic rings. The quantitative estimate of drug-likeness (QED) is 0.738. The largest absolute Gasteiger partial charge is 0.360 e. The summed E-state index contributed by atoms with van der Waals surface area (Å²) in [5.74, 6) is -0.122. The van der Waals surface area contributed by atoms with Gasteiger partial charge in [0.2, 0.25) is 20.0 Å². The molecule has 8 nitrogen and oxygen atoms in total. The summed E-state index contributed by atoms with van der Waals surface area (Å²) in [7, 11) is -7.04. The highest BCUT2D eigenvalue weighted by Gasteiger charge is 2.30. The van der Waals surface area contributed by atoms with Crippen molar-refractivity contribution >= 4 is 20.0 Å². The summed E-state index contributed by atoms with van der Waals surface area (Å²) in [4.78, 5) is 0. The molecule has 0 amide bonds. The monoisotopic (exact) mass is 413 g/mol. The van der Waals surface area contributed by atoms with E-state index in [0.29, 0.717) is 18.7 Å². The third kappa shape index (κ3) is 5.38. The fourth-order valence-electron chi connectivity index (χ4n) is 3.20. The lowest BCUT2D eigenvalue weighted by Crippen LogP contribution is -2.49. The minimum Gasteiger partial charge on any atom is -0.360 e. The van der Waals surface area contributed by atoms with Crippen LogP contribution in [-0.4, -0.2) is 51.7 Å². The van der Waals surface area contributed by atoms with Crippen molar-refractivity contribution in [1.82, 2.24) is 14.2 Å². The van der Waals surface area contributed by atoms with Crippen LogP contribution in [0, 0.1) is 0 Å². The molecule has 0 aliphatic carbocycles. The smallest absolute Gasteiger partial charge is 0.219 e. The molecule has 1 saturated heterocycles. The molecule has 1 aliphatic heterocycles. The molecule has 10 heteroatoms. The number of aromatic nitrogens is 1. The maximum atomic E-state index is 12.4. The lowest BCUT2D eigenvalue weighted by atomic mass is 10.1. The van der Waals surface area contributed by atoms with Crippen LogP contribution in [0.3, 0.4) is 0 Å². The summed E-state index contributed by atoms with van der Waals surface area (Å²) in [6, 6.07) is 10.5. The van der Waals surface area contributed by atoms with E-state index < -0.39 is 20.0 Å². The second kappa shape index (κ2) is 8.09. The van der Waals surface area contributed by atoms with E-state index >= 15 is 0 Å². The van der Waals surface area contributed by atoms with E-state index in [2.05, 4.69) is 9.88 Å². The molecule has 1 aliphatic rings. The van der Waals surface area contributed by atoms with Crippen molar-refractivity contribution in [3.05, 3.63) is 42.2 Å². The lowest BCUT2D eigenvalue weighted by molar-refractivity contribution is 0.254. The summed E-state index contributed by atoms with van der Waals surface area (Å²) in [6.07, 6.45) is 3.45. The summed E-state index contributed by atoms with van der Waals surface area (Å²) in [5.41, 5.74) is 1.40. The fourth-order valence-corrected chi connectivity index (χ4v) is 5.44. The average Bonchev–Trinajstić information content (AvgIpc) is 3.08. The Bertz CT molecular complexity index is 971. The number of benzene rings is 1. The van der Waals surface area contributed by atoms with Gasteiger partial charge in [-0.15, -0.1) is 0 Å². The van der Waals surface area contributed by atoms with Crippen molar-refractivity contribution in [3.8, 4) is 11.3 Å². The van der Waals surface area contributed by atoms with Gasteiger partial charge in [0.25, 0.3) is 0 Å². The van der Waals surface area contributed by atoms with Crippen LogP contribution in [0.1, 0.15) is 25.0 Å². The molecule has 1 unspecified atom stereocenters. The van der Waals surface area contributed by atoms with Crippen molar-refractivity contribution in [2.45, 2.75) is 31.1 Å². The molecule has 0 bridgehead atoms. The maximum absolute atomic E-state index is 12.4. The van der Waals surface area contributed by atoms with Crippen LogP contribution in [0.15, 0.2) is 40.9 Å². The SMILES string of the molecule is CS(=O)(=O)N1CCCCC1CNS(=O)(=O)Cc1cc(-c2ccccc2)no1. The minimum absolute atomic E-state index is 0.0507. The van der Waals surface area contributed by atoms with Crippen molar-refractivity contribution in [2.24, 2.45) is 0 Å². The topological polar surface area (TPSA) is 110 Å². The Labute approximate surface area is 159 Å². The zero-order chi connectivity index (χ0) is 19.5.